The molecule has 0 aliphatic heterocycles. The van der Waals surface area contributed by atoms with Crippen LogP contribution in [0.15, 0.2) is 12.1 Å². The van der Waals surface area contributed by atoms with Gasteiger partial charge in [-0.1, -0.05) is 12.8 Å². The van der Waals surface area contributed by atoms with Crippen LogP contribution < -0.4 is 11.1 Å². The number of nitrogens with one attached hydrogen (secondary N) is 1. The van der Waals surface area contributed by atoms with Gasteiger partial charge in [-0.25, -0.2) is 4.79 Å². The zero-order valence-electron chi connectivity index (χ0n) is 12.9. The summed E-state index contributed by atoms with van der Waals surface area (Å²) in [6.45, 7) is 1.92. The Kier molecular flexibility index (Phi) is 5.39. The van der Waals surface area contributed by atoms with Crippen LogP contribution in [0, 0.1) is 6.92 Å². The number of rotatable bonds is 4. The monoisotopic (exact) mass is 308 g/mol. The molecule has 0 aromatic heterocycles. The van der Waals surface area contributed by atoms with Gasteiger partial charge in [0, 0.05) is 22.7 Å². The van der Waals surface area contributed by atoms with Crippen LogP contribution in [0.4, 0.5) is 11.4 Å². The van der Waals surface area contributed by atoms with Crippen LogP contribution in [0.25, 0.3) is 0 Å². The second kappa shape index (κ2) is 7.07. The number of anilines is 2. The molecule has 0 bridgehead atoms. The third-order valence-corrected chi connectivity index (χ3v) is 5.32. The number of carbonyl (C=O) groups is 1. The standard InChI is InChI=1S/C16H24N2O2S/c1-10-8-11(9-12(15(10)17)16(19)20-2)18-13-6-4-5-7-14(13)21-3/h8-9,13-14,18H,4-7,17H2,1-3H3. The maximum Gasteiger partial charge on any atom is 0.340 e. The van der Waals surface area contributed by atoms with Crippen LogP contribution in [0.2, 0.25) is 0 Å². The molecule has 1 aromatic rings. The van der Waals surface area contributed by atoms with E-state index >= 15 is 0 Å². The van der Waals surface area contributed by atoms with Crippen molar-refractivity contribution in [2.24, 2.45) is 0 Å². The topological polar surface area (TPSA) is 64.3 Å². The number of ether oxygens (including phenoxy) is 1. The lowest BCUT2D eigenvalue weighted by Crippen LogP contribution is -2.34. The van der Waals surface area contributed by atoms with Crippen molar-refractivity contribution in [2.75, 3.05) is 24.4 Å². The average molecular weight is 308 g/mol. The molecule has 0 radical (unpaired) electrons. The zero-order valence-corrected chi connectivity index (χ0v) is 13.8. The summed E-state index contributed by atoms with van der Waals surface area (Å²) in [7, 11) is 1.38. The summed E-state index contributed by atoms with van der Waals surface area (Å²) < 4.78 is 4.81. The first-order chi connectivity index (χ1) is 10.1. The lowest BCUT2D eigenvalue weighted by Gasteiger charge is -2.32. The van der Waals surface area contributed by atoms with Gasteiger partial charge in [-0.2, -0.15) is 11.8 Å². The first-order valence-electron chi connectivity index (χ1n) is 7.34. The van der Waals surface area contributed by atoms with E-state index in [4.69, 9.17) is 10.5 Å². The largest absolute Gasteiger partial charge is 0.465 e. The average Bonchev–Trinajstić information content (AvgIpc) is 2.50. The lowest BCUT2D eigenvalue weighted by molar-refractivity contribution is 0.0602. The Morgan fingerprint density at radius 2 is 2.10 bits per heavy atom. The molecule has 0 saturated heterocycles. The Morgan fingerprint density at radius 3 is 2.76 bits per heavy atom. The van der Waals surface area contributed by atoms with Crippen LogP contribution in [0.1, 0.15) is 41.6 Å². The summed E-state index contributed by atoms with van der Waals surface area (Å²) >= 11 is 1.92. The van der Waals surface area contributed by atoms with E-state index in [1.807, 2.05) is 24.8 Å². The number of aryl methyl sites for hydroxylation is 1. The highest BCUT2D eigenvalue weighted by molar-refractivity contribution is 7.99. The molecular weight excluding hydrogens is 284 g/mol. The van der Waals surface area contributed by atoms with Gasteiger partial charge in [0.15, 0.2) is 0 Å². The second-order valence-corrected chi connectivity index (χ2v) is 6.63. The normalized spacial score (nSPS) is 21.9. The van der Waals surface area contributed by atoms with Crippen LogP contribution in [-0.4, -0.2) is 30.6 Å². The zero-order chi connectivity index (χ0) is 15.4. The molecule has 0 heterocycles. The summed E-state index contributed by atoms with van der Waals surface area (Å²) in [5.74, 6) is -0.385. The molecule has 1 aliphatic carbocycles. The number of methoxy groups -OCH3 is 1. The number of hydrogen-bond acceptors (Lipinski definition) is 5. The molecule has 21 heavy (non-hydrogen) atoms. The van der Waals surface area contributed by atoms with E-state index in [0.29, 0.717) is 22.5 Å². The first kappa shape index (κ1) is 16.0. The fraction of sp³-hybridized carbons (Fsp3) is 0.562. The van der Waals surface area contributed by atoms with Crippen LogP contribution in [-0.2, 0) is 4.74 Å². The first-order valence-corrected chi connectivity index (χ1v) is 8.63. The number of hydrogen-bond donors (Lipinski definition) is 2. The Labute approximate surface area is 130 Å². The van der Waals surface area contributed by atoms with Gasteiger partial charge in [-0.05, 0) is 43.7 Å². The highest BCUT2D eigenvalue weighted by Gasteiger charge is 2.24. The van der Waals surface area contributed by atoms with Crippen molar-refractivity contribution in [3.63, 3.8) is 0 Å². The smallest absolute Gasteiger partial charge is 0.340 e. The number of nitrogen functional groups attached to an aromatic ring is 1. The molecule has 1 aliphatic rings. The molecule has 0 spiro atoms. The quantitative estimate of drug-likeness (QED) is 0.659. The molecule has 1 saturated carbocycles. The highest BCUT2D eigenvalue weighted by atomic mass is 32.2. The number of esters is 1. The number of thioether (sulfide) groups is 1. The minimum atomic E-state index is -0.385. The van der Waals surface area contributed by atoms with Crippen molar-refractivity contribution in [3.05, 3.63) is 23.3 Å². The Balaban J connectivity index is 2.23. The molecule has 116 valence electrons. The fourth-order valence-electron chi connectivity index (χ4n) is 2.92. The van der Waals surface area contributed by atoms with Gasteiger partial charge in [-0.15, -0.1) is 0 Å². The van der Waals surface area contributed by atoms with E-state index in [9.17, 15) is 4.79 Å². The lowest BCUT2D eigenvalue weighted by atomic mass is 9.94. The molecule has 2 rings (SSSR count). The number of nitrogens with two attached hydrogens (primary N) is 1. The fourth-order valence-corrected chi connectivity index (χ4v) is 3.85. The maximum absolute atomic E-state index is 11.8. The predicted octanol–water partition coefficient (Wildman–Crippen LogP) is 3.45. The third-order valence-electron chi connectivity index (χ3n) is 4.15. The van der Waals surface area contributed by atoms with Crippen LogP contribution in [0.3, 0.4) is 0 Å². The van der Waals surface area contributed by atoms with E-state index in [1.54, 1.807) is 6.07 Å². The van der Waals surface area contributed by atoms with Gasteiger partial charge in [0.2, 0.25) is 0 Å². The Hall–Kier alpha value is -1.36. The molecule has 2 atom stereocenters. The highest BCUT2D eigenvalue weighted by Crippen LogP contribution is 2.31. The molecule has 1 fully saturated rings. The summed E-state index contributed by atoms with van der Waals surface area (Å²) in [6.07, 6.45) is 7.14. The van der Waals surface area contributed by atoms with Gasteiger partial charge in [0.25, 0.3) is 0 Å². The summed E-state index contributed by atoms with van der Waals surface area (Å²) in [6, 6.07) is 4.26. The molecule has 2 unspecified atom stereocenters. The van der Waals surface area contributed by atoms with Crippen molar-refractivity contribution < 1.29 is 9.53 Å². The van der Waals surface area contributed by atoms with E-state index < -0.39 is 0 Å². The Morgan fingerprint density at radius 1 is 1.38 bits per heavy atom. The predicted molar refractivity (Wildman–Crippen MR) is 90.1 cm³/mol. The SMILES string of the molecule is COC(=O)c1cc(NC2CCCCC2SC)cc(C)c1N. The van der Waals surface area contributed by atoms with E-state index in [0.717, 1.165) is 11.3 Å². The van der Waals surface area contributed by atoms with Crippen molar-refractivity contribution in [2.45, 2.75) is 43.9 Å². The van der Waals surface area contributed by atoms with Gasteiger partial charge in [0.05, 0.1) is 12.7 Å². The molecule has 4 nitrogen and oxygen atoms in total. The van der Waals surface area contributed by atoms with E-state index in [1.165, 1.54) is 32.8 Å². The minimum absolute atomic E-state index is 0.385. The van der Waals surface area contributed by atoms with E-state index in [-0.39, 0.29) is 5.97 Å². The molecule has 1 aromatic carbocycles. The van der Waals surface area contributed by atoms with Crippen molar-refractivity contribution in [3.8, 4) is 0 Å². The maximum atomic E-state index is 11.8. The molecule has 3 N–H and O–H groups in total. The van der Waals surface area contributed by atoms with E-state index in [2.05, 4.69) is 11.6 Å². The summed E-state index contributed by atoms with van der Waals surface area (Å²) in [5.41, 5.74) is 8.77. The molecular formula is C16H24N2O2S. The van der Waals surface area contributed by atoms with Gasteiger partial charge in [-0.3, -0.25) is 0 Å². The summed E-state index contributed by atoms with van der Waals surface area (Å²) in [4.78, 5) is 11.8. The van der Waals surface area contributed by atoms with Crippen molar-refractivity contribution in [1.82, 2.24) is 0 Å². The minimum Gasteiger partial charge on any atom is -0.465 e. The number of benzene rings is 1. The third kappa shape index (κ3) is 3.64. The number of carbonyl (C=O) groups excluding carboxylic acids is 1. The van der Waals surface area contributed by atoms with Crippen LogP contribution in [0.5, 0.6) is 0 Å². The Bertz CT molecular complexity index is 519. The van der Waals surface area contributed by atoms with Gasteiger partial charge < -0.3 is 15.8 Å². The molecule has 0 amide bonds. The van der Waals surface area contributed by atoms with Crippen LogP contribution >= 0.6 is 11.8 Å². The molecule has 5 heteroatoms. The van der Waals surface area contributed by atoms with Gasteiger partial charge in [0.1, 0.15) is 0 Å². The van der Waals surface area contributed by atoms with Crippen molar-refractivity contribution in [1.29, 1.82) is 0 Å². The van der Waals surface area contributed by atoms with Gasteiger partial charge >= 0.3 is 5.97 Å². The second-order valence-electron chi connectivity index (χ2n) is 5.56. The van der Waals surface area contributed by atoms with Crippen molar-refractivity contribution >= 4 is 29.1 Å². The summed E-state index contributed by atoms with van der Waals surface area (Å²) in [5, 5.41) is 4.21.